The van der Waals surface area contributed by atoms with E-state index in [0.717, 1.165) is 12.8 Å². The van der Waals surface area contributed by atoms with E-state index in [1.807, 2.05) is 0 Å². The lowest BCUT2D eigenvalue weighted by Crippen LogP contribution is -2.13. The third-order valence-corrected chi connectivity index (χ3v) is 2.34. The number of hydrogen-bond donors (Lipinski definition) is 1. The molecule has 0 fully saturated rings. The topological polar surface area (TPSA) is 20.2 Å². The van der Waals surface area contributed by atoms with Gasteiger partial charge in [0.1, 0.15) is 0 Å². The third-order valence-electron chi connectivity index (χ3n) is 2.34. The highest BCUT2D eigenvalue weighted by molar-refractivity contribution is 5.21. The van der Waals surface area contributed by atoms with E-state index in [-0.39, 0.29) is 6.10 Å². The lowest BCUT2D eigenvalue weighted by atomic mass is 9.99. The molecule has 78 valence electrons. The zero-order valence-electron chi connectivity index (χ0n) is 9.33. The maximum Gasteiger partial charge on any atom is 0.0583 e. The van der Waals surface area contributed by atoms with Gasteiger partial charge in [-0.05, 0) is 31.2 Å². The van der Waals surface area contributed by atoms with E-state index in [2.05, 4.69) is 45.0 Å². The van der Waals surface area contributed by atoms with Gasteiger partial charge in [0.05, 0.1) is 6.10 Å². The van der Waals surface area contributed by atoms with Crippen molar-refractivity contribution in [1.82, 2.24) is 0 Å². The number of aliphatic hydroxyl groups excluding tert-OH is 1. The summed E-state index contributed by atoms with van der Waals surface area (Å²) in [6.45, 7) is 6.35. The van der Waals surface area contributed by atoms with Crippen molar-refractivity contribution >= 4 is 0 Å². The molecule has 1 aromatic rings. The molecule has 1 heteroatoms. The van der Waals surface area contributed by atoms with E-state index in [1.54, 1.807) is 0 Å². The number of rotatable bonds is 4. The number of hydrogen-bond acceptors (Lipinski definition) is 1. The fourth-order valence-corrected chi connectivity index (χ4v) is 1.62. The molecule has 1 N–H and O–H groups in total. The van der Waals surface area contributed by atoms with Gasteiger partial charge in [-0.3, -0.25) is 0 Å². The summed E-state index contributed by atoms with van der Waals surface area (Å²) in [5, 5.41) is 9.74. The van der Waals surface area contributed by atoms with Crippen molar-refractivity contribution in [2.75, 3.05) is 0 Å². The molecule has 0 aliphatic carbocycles. The minimum absolute atomic E-state index is 0.197. The second-order valence-electron chi connectivity index (χ2n) is 4.47. The van der Waals surface area contributed by atoms with Gasteiger partial charge in [-0.2, -0.15) is 0 Å². The molecule has 0 aromatic heterocycles. The summed E-state index contributed by atoms with van der Waals surface area (Å²) in [6.07, 6.45) is 1.46. The quantitative estimate of drug-likeness (QED) is 0.777. The smallest absolute Gasteiger partial charge is 0.0583 e. The van der Waals surface area contributed by atoms with Crippen molar-refractivity contribution in [1.29, 1.82) is 0 Å². The highest BCUT2D eigenvalue weighted by Gasteiger charge is 2.07. The molecule has 0 heterocycles. The van der Waals surface area contributed by atoms with Crippen LogP contribution in [-0.2, 0) is 6.42 Å². The minimum Gasteiger partial charge on any atom is -0.393 e. The standard InChI is InChI=1S/C13H20O/c1-10(2)8-13(14)9-12-6-4-11(3)5-7-12/h4-7,10,13-14H,8-9H2,1-3H3. The molecule has 0 bridgehead atoms. The van der Waals surface area contributed by atoms with Gasteiger partial charge in [-0.15, -0.1) is 0 Å². The van der Waals surface area contributed by atoms with Gasteiger partial charge in [-0.1, -0.05) is 43.7 Å². The fraction of sp³-hybridized carbons (Fsp3) is 0.538. The summed E-state index contributed by atoms with van der Waals surface area (Å²) in [6, 6.07) is 8.38. The van der Waals surface area contributed by atoms with Crippen molar-refractivity contribution in [2.24, 2.45) is 5.92 Å². The highest BCUT2D eigenvalue weighted by atomic mass is 16.3. The van der Waals surface area contributed by atoms with Crippen LogP contribution in [0, 0.1) is 12.8 Å². The van der Waals surface area contributed by atoms with Gasteiger partial charge < -0.3 is 5.11 Å². The zero-order chi connectivity index (χ0) is 10.6. The summed E-state index contributed by atoms with van der Waals surface area (Å²) in [5.41, 5.74) is 2.50. The molecule has 0 radical (unpaired) electrons. The maximum atomic E-state index is 9.74. The van der Waals surface area contributed by atoms with Crippen molar-refractivity contribution < 1.29 is 5.11 Å². The first-order valence-electron chi connectivity index (χ1n) is 5.31. The molecule has 1 aromatic carbocycles. The van der Waals surface area contributed by atoms with E-state index in [9.17, 15) is 5.11 Å². The largest absolute Gasteiger partial charge is 0.393 e. The molecule has 0 amide bonds. The van der Waals surface area contributed by atoms with E-state index >= 15 is 0 Å². The van der Waals surface area contributed by atoms with Gasteiger partial charge in [0.2, 0.25) is 0 Å². The molecule has 1 rings (SSSR count). The van der Waals surface area contributed by atoms with Gasteiger partial charge in [0.25, 0.3) is 0 Å². The lowest BCUT2D eigenvalue weighted by molar-refractivity contribution is 0.149. The maximum absolute atomic E-state index is 9.74. The van der Waals surface area contributed by atoms with Crippen LogP contribution in [0.1, 0.15) is 31.4 Å². The average Bonchev–Trinajstić information content (AvgIpc) is 2.07. The van der Waals surface area contributed by atoms with E-state index < -0.39 is 0 Å². The van der Waals surface area contributed by atoms with Crippen LogP contribution < -0.4 is 0 Å². The van der Waals surface area contributed by atoms with Gasteiger partial charge in [0.15, 0.2) is 0 Å². The Bertz CT molecular complexity index is 261. The first-order valence-corrected chi connectivity index (χ1v) is 5.31. The molecule has 1 nitrogen and oxygen atoms in total. The van der Waals surface area contributed by atoms with Crippen LogP contribution in [0.4, 0.5) is 0 Å². The van der Waals surface area contributed by atoms with Crippen molar-refractivity contribution in [3.8, 4) is 0 Å². The zero-order valence-corrected chi connectivity index (χ0v) is 9.33. The van der Waals surface area contributed by atoms with Crippen molar-refractivity contribution in [2.45, 2.75) is 39.7 Å². The van der Waals surface area contributed by atoms with Crippen LogP contribution in [0.3, 0.4) is 0 Å². The Hall–Kier alpha value is -0.820. The normalized spacial score (nSPS) is 13.2. The lowest BCUT2D eigenvalue weighted by Gasteiger charge is -2.12. The monoisotopic (exact) mass is 192 g/mol. The third kappa shape index (κ3) is 3.93. The number of benzene rings is 1. The molecular weight excluding hydrogens is 172 g/mol. The highest BCUT2D eigenvalue weighted by Crippen LogP contribution is 2.11. The first kappa shape index (κ1) is 11.3. The Morgan fingerprint density at radius 2 is 1.71 bits per heavy atom. The Morgan fingerprint density at radius 1 is 1.14 bits per heavy atom. The van der Waals surface area contributed by atoms with E-state index in [0.29, 0.717) is 5.92 Å². The Kier molecular flexibility index (Phi) is 4.15. The molecule has 0 saturated carbocycles. The summed E-state index contributed by atoms with van der Waals surface area (Å²) < 4.78 is 0. The fourth-order valence-electron chi connectivity index (χ4n) is 1.62. The van der Waals surface area contributed by atoms with Crippen LogP contribution in [-0.4, -0.2) is 11.2 Å². The minimum atomic E-state index is -0.197. The summed E-state index contributed by atoms with van der Waals surface area (Å²) in [5.74, 6) is 0.565. The Morgan fingerprint density at radius 3 is 2.21 bits per heavy atom. The summed E-state index contributed by atoms with van der Waals surface area (Å²) >= 11 is 0. The van der Waals surface area contributed by atoms with Crippen LogP contribution in [0.2, 0.25) is 0 Å². The molecule has 0 spiro atoms. The average molecular weight is 192 g/mol. The number of aliphatic hydroxyl groups is 1. The molecular formula is C13H20O. The molecule has 1 atom stereocenters. The van der Waals surface area contributed by atoms with Crippen LogP contribution in [0.25, 0.3) is 0 Å². The molecule has 0 aliphatic heterocycles. The molecule has 0 saturated heterocycles. The van der Waals surface area contributed by atoms with Gasteiger partial charge in [-0.25, -0.2) is 0 Å². The van der Waals surface area contributed by atoms with Crippen molar-refractivity contribution in [3.63, 3.8) is 0 Å². The van der Waals surface area contributed by atoms with Crippen LogP contribution >= 0.6 is 0 Å². The van der Waals surface area contributed by atoms with Crippen LogP contribution in [0.5, 0.6) is 0 Å². The first-order chi connectivity index (χ1) is 6.58. The number of aryl methyl sites for hydroxylation is 1. The Labute approximate surface area is 86.8 Å². The van der Waals surface area contributed by atoms with Crippen molar-refractivity contribution in [3.05, 3.63) is 35.4 Å². The van der Waals surface area contributed by atoms with Crippen LogP contribution in [0.15, 0.2) is 24.3 Å². The van der Waals surface area contributed by atoms with Gasteiger partial charge in [0, 0.05) is 0 Å². The second kappa shape index (κ2) is 5.16. The van der Waals surface area contributed by atoms with Gasteiger partial charge >= 0.3 is 0 Å². The van der Waals surface area contributed by atoms with E-state index in [1.165, 1.54) is 11.1 Å². The second-order valence-corrected chi connectivity index (χ2v) is 4.47. The summed E-state index contributed by atoms with van der Waals surface area (Å²) in [7, 11) is 0. The molecule has 1 unspecified atom stereocenters. The molecule has 14 heavy (non-hydrogen) atoms. The predicted molar refractivity (Wildman–Crippen MR) is 60.3 cm³/mol. The molecule has 0 aliphatic rings. The van der Waals surface area contributed by atoms with E-state index in [4.69, 9.17) is 0 Å². The Balaban J connectivity index is 2.47. The predicted octanol–water partition coefficient (Wildman–Crippen LogP) is 2.94. The summed E-state index contributed by atoms with van der Waals surface area (Å²) in [4.78, 5) is 0. The SMILES string of the molecule is Cc1ccc(CC(O)CC(C)C)cc1.